The summed E-state index contributed by atoms with van der Waals surface area (Å²) in [4.78, 5) is 17.6. The molecule has 0 aromatic carbocycles. The first kappa shape index (κ1) is 19.2. The van der Waals surface area contributed by atoms with Crippen molar-refractivity contribution in [1.82, 2.24) is 10.3 Å². The molecule has 1 aromatic heterocycles. The molecule has 2 aliphatic rings. The summed E-state index contributed by atoms with van der Waals surface area (Å²) in [5.41, 5.74) is 1.02. The molecule has 0 bridgehead atoms. The number of nitrogens with zero attached hydrogens (tertiary/aromatic N) is 2. The van der Waals surface area contributed by atoms with Crippen molar-refractivity contribution in [3.05, 3.63) is 17.3 Å². The Morgan fingerprint density at radius 1 is 1.42 bits per heavy atom. The molecular formula is C19H28ClN3O3. The van der Waals surface area contributed by atoms with Gasteiger partial charge in [-0.3, -0.25) is 4.79 Å². The van der Waals surface area contributed by atoms with Crippen LogP contribution in [-0.4, -0.2) is 49.3 Å². The van der Waals surface area contributed by atoms with Gasteiger partial charge in [0.15, 0.2) is 0 Å². The highest BCUT2D eigenvalue weighted by Crippen LogP contribution is 2.36. The van der Waals surface area contributed by atoms with Gasteiger partial charge in [-0.25, -0.2) is 4.98 Å². The fraction of sp³-hybridized carbons (Fsp3) is 0.684. The smallest absolute Gasteiger partial charge is 0.234 e. The van der Waals surface area contributed by atoms with Crippen LogP contribution in [0.5, 0.6) is 5.88 Å². The molecule has 26 heavy (non-hydrogen) atoms. The zero-order chi connectivity index (χ0) is 18.5. The van der Waals surface area contributed by atoms with E-state index in [1.54, 1.807) is 6.20 Å². The maximum Gasteiger partial charge on any atom is 0.234 e. The Labute approximate surface area is 160 Å². The topological polar surface area (TPSA) is 63.7 Å². The van der Waals surface area contributed by atoms with Gasteiger partial charge in [0.1, 0.15) is 5.02 Å². The second kappa shape index (κ2) is 8.91. The summed E-state index contributed by atoms with van der Waals surface area (Å²) in [5.74, 6) is 0.964. The van der Waals surface area contributed by atoms with Crippen molar-refractivity contribution in [2.75, 3.05) is 31.2 Å². The van der Waals surface area contributed by atoms with Crippen molar-refractivity contribution in [2.24, 2.45) is 5.92 Å². The molecule has 1 aliphatic heterocycles. The average Bonchev–Trinajstić information content (AvgIpc) is 3.07. The maximum atomic E-state index is 11.0. The summed E-state index contributed by atoms with van der Waals surface area (Å²) in [6.45, 7) is 6.70. The molecule has 7 heteroatoms. The molecule has 1 aliphatic carbocycles. The van der Waals surface area contributed by atoms with E-state index in [9.17, 15) is 4.79 Å². The molecule has 0 unspecified atom stereocenters. The highest BCUT2D eigenvalue weighted by molar-refractivity contribution is 6.34. The minimum Gasteiger partial charge on any atom is -0.476 e. The number of hydrogen-bond acceptors (Lipinski definition) is 5. The van der Waals surface area contributed by atoms with Crippen LogP contribution < -0.4 is 15.0 Å². The SMILES string of the molecule is CC(=O)N[C@@H](C)COC1CC(COc2nccc(N3CCCC3)c2Cl)C1. The number of ether oxygens (including phenoxy) is 2. The number of carbonyl (C=O) groups is 1. The summed E-state index contributed by atoms with van der Waals surface area (Å²) in [7, 11) is 0. The Morgan fingerprint density at radius 2 is 2.15 bits per heavy atom. The minimum absolute atomic E-state index is 0.0264. The number of halogens is 1. The summed E-state index contributed by atoms with van der Waals surface area (Å²) in [6.07, 6.45) is 6.37. The van der Waals surface area contributed by atoms with E-state index in [1.807, 2.05) is 13.0 Å². The number of aromatic nitrogens is 1. The zero-order valence-corrected chi connectivity index (χ0v) is 16.3. The Morgan fingerprint density at radius 3 is 2.85 bits per heavy atom. The monoisotopic (exact) mass is 381 g/mol. The molecule has 1 N–H and O–H groups in total. The third kappa shape index (κ3) is 5.01. The Hall–Kier alpha value is -1.53. The number of hydrogen-bond donors (Lipinski definition) is 1. The second-order valence-corrected chi connectivity index (χ2v) is 7.73. The lowest BCUT2D eigenvalue weighted by Crippen LogP contribution is -2.40. The lowest BCUT2D eigenvalue weighted by molar-refractivity contribution is -0.120. The number of pyridine rings is 1. The van der Waals surface area contributed by atoms with Crippen LogP contribution in [0.1, 0.15) is 39.5 Å². The van der Waals surface area contributed by atoms with Gasteiger partial charge >= 0.3 is 0 Å². The summed E-state index contributed by atoms with van der Waals surface area (Å²) in [6, 6.07) is 2.00. The molecular weight excluding hydrogens is 354 g/mol. The van der Waals surface area contributed by atoms with Gasteiger partial charge in [-0.05, 0) is 44.6 Å². The Balaban J connectivity index is 1.39. The summed E-state index contributed by atoms with van der Waals surface area (Å²) in [5, 5.41) is 3.44. The zero-order valence-electron chi connectivity index (χ0n) is 15.5. The third-order valence-electron chi connectivity index (χ3n) is 4.96. The molecule has 6 nitrogen and oxygen atoms in total. The fourth-order valence-electron chi connectivity index (χ4n) is 3.53. The van der Waals surface area contributed by atoms with Crippen LogP contribution in [0.2, 0.25) is 5.02 Å². The Bertz CT molecular complexity index is 616. The predicted octanol–water partition coefficient (Wildman–Crippen LogP) is 3.03. The molecule has 2 heterocycles. The molecule has 1 aromatic rings. The highest BCUT2D eigenvalue weighted by Gasteiger charge is 2.31. The molecule has 1 saturated carbocycles. The largest absolute Gasteiger partial charge is 0.476 e. The quantitative estimate of drug-likeness (QED) is 0.749. The molecule has 1 amide bonds. The first-order chi connectivity index (χ1) is 12.5. The van der Waals surface area contributed by atoms with Crippen molar-refractivity contribution in [3.63, 3.8) is 0 Å². The molecule has 0 radical (unpaired) electrons. The first-order valence-electron chi connectivity index (χ1n) is 9.44. The second-order valence-electron chi connectivity index (χ2n) is 7.35. The van der Waals surface area contributed by atoms with Crippen LogP contribution >= 0.6 is 11.6 Å². The normalized spacial score (nSPS) is 23.4. The molecule has 144 valence electrons. The van der Waals surface area contributed by atoms with Crippen molar-refractivity contribution in [1.29, 1.82) is 0 Å². The van der Waals surface area contributed by atoms with Crippen molar-refractivity contribution >= 4 is 23.2 Å². The van der Waals surface area contributed by atoms with Crippen molar-refractivity contribution in [3.8, 4) is 5.88 Å². The van der Waals surface area contributed by atoms with E-state index < -0.39 is 0 Å². The van der Waals surface area contributed by atoms with Gasteiger partial charge in [-0.2, -0.15) is 0 Å². The molecule has 1 saturated heterocycles. The molecule has 0 spiro atoms. The van der Waals surface area contributed by atoms with Crippen molar-refractivity contribution < 1.29 is 14.3 Å². The standard InChI is InChI=1S/C19H28ClN3O3/c1-13(22-14(2)24)11-25-16-9-15(10-16)12-26-19-18(20)17(5-6-21-19)23-7-3-4-8-23/h5-6,13,15-16H,3-4,7-12H2,1-2H3,(H,22,24)/t13-,15?,16?/m0/s1. The average molecular weight is 382 g/mol. The van der Waals surface area contributed by atoms with E-state index in [-0.39, 0.29) is 18.1 Å². The maximum absolute atomic E-state index is 11.0. The summed E-state index contributed by atoms with van der Waals surface area (Å²) >= 11 is 6.50. The number of carbonyl (C=O) groups excluding carboxylic acids is 1. The number of rotatable bonds is 8. The van der Waals surface area contributed by atoms with Crippen LogP contribution in [0.25, 0.3) is 0 Å². The van der Waals surface area contributed by atoms with Crippen LogP contribution in [-0.2, 0) is 9.53 Å². The van der Waals surface area contributed by atoms with E-state index in [4.69, 9.17) is 21.1 Å². The lowest BCUT2D eigenvalue weighted by Gasteiger charge is -2.35. The van der Waals surface area contributed by atoms with Crippen LogP contribution in [0.15, 0.2) is 12.3 Å². The lowest BCUT2D eigenvalue weighted by atomic mass is 9.83. The Kier molecular flexibility index (Phi) is 6.59. The molecule has 2 fully saturated rings. The van der Waals surface area contributed by atoms with Gasteiger partial charge < -0.3 is 19.7 Å². The van der Waals surface area contributed by atoms with E-state index in [1.165, 1.54) is 19.8 Å². The molecule has 1 atom stereocenters. The van der Waals surface area contributed by atoms with E-state index in [2.05, 4.69) is 15.2 Å². The van der Waals surface area contributed by atoms with E-state index in [0.29, 0.717) is 30.0 Å². The van der Waals surface area contributed by atoms with Crippen LogP contribution in [0.3, 0.4) is 0 Å². The van der Waals surface area contributed by atoms with Crippen LogP contribution in [0, 0.1) is 5.92 Å². The van der Waals surface area contributed by atoms with Gasteiger partial charge in [-0.1, -0.05) is 11.6 Å². The minimum atomic E-state index is -0.0264. The van der Waals surface area contributed by atoms with E-state index in [0.717, 1.165) is 31.6 Å². The number of nitrogens with one attached hydrogen (secondary N) is 1. The van der Waals surface area contributed by atoms with Gasteiger partial charge in [0.05, 0.1) is 25.0 Å². The van der Waals surface area contributed by atoms with E-state index >= 15 is 0 Å². The third-order valence-corrected chi connectivity index (χ3v) is 5.32. The van der Waals surface area contributed by atoms with Gasteiger partial charge in [0.25, 0.3) is 0 Å². The highest BCUT2D eigenvalue weighted by atomic mass is 35.5. The predicted molar refractivity (Wildman–Crippen MR) is 102 cm³/mol. The summed E-state index contributed by atoms with van der Waals surface area (Å²) < 4.78 is 11.7. The number of anilines is 1. The fourth-order valence-corrected chi connectivity index (χ4v) is 3.82. The van der Waals surface area contributed by atoms with Gasteiger partial charge in [0.2, 0.25) is 11.8 Å². The van der Waals surface area contributed by atoms with Crippen molar-refractivity contribution in [2.45, 2.75) is 51.7 Å². The van der Waals surface area contributed by atoms with Gasteiger partial charge in [-0.15, -0.1) is 0 Å². The van der Waals surface area contributed by atoms with Crippen LogP contribution in [0.4, 0.5) is 5.69 Å². The molecule has 3 rings (SSSR count). The first-order valence-corrected chi connectivity index (χ1v) is 9.81. The number of amides is 1. The van der Waals surface area contributed by atoms with Gasteiger partial charge in [0, 0.05) is 32.3 Å².